The number of benzene rings is 1. The summed E-state index contributed by atoms with van der Waals surface area (Å²) in [5.74, 6) is -0.735. The van der Waals surface area contributed by atoms with E-state index in [0.717, 1.165) is 43.2 Å². The Hall–Kier alpha value is -3.14. The second-order valence-electron chi connectivity index (χ2n) is 13.9. The lowest BCUT2D eigenvalue weighted by atomic mass is 9.50. The SMILES string of the molecule is CC(C)COC(=O)OOCC1(C)CCCC2(C)c3cc(C(=O)OCCC(=O)OC(=O)OCC(C)C)c(C(C)C)cc3CCC12. The van der Waals surface area contributed by atoms with Crippen molar-refractivity contribution >= 4 is 24.2 Å². The van der Waals surface area contributed by atoms with E-state index in [1.165, 1.54) is 5.56 Å². The van der Waals surface area contributed by atoms with Gasteiger partial charge in [-0.15, -0.1) is 0 Å². The Bertz CT molecular complexity index is 1190. The van der Waals surface area contributed by atoms with E-state index >= 15 is 0 Å². The maximum atomic E-state index is 13.4. The Morgan fingerprint density at radius 1 is 0.886 bits per heavy atom. The van der Waals surface area contributed by atoms with Crippen LogP contribution in [0, 0.1) is 23.2 Å². The van der Waals surface area contributed by atoms with Gasteiger partial charge in [-0.2, -0.15) is 4.89 Å². The molecule has 0 bridgehead atoms. The molecule has 1 saturated carbocycles. The first kappa shape index (κ1) is 35.3. The summed E-state index contributed by atoms with van der Waals surface area (Å²) >= 11 is 0. The number of hydrogen-bond acceptors (Lipinski definition) is 10. The van der Waals surface area contributed by atoms with E-state index < -0.39 is 24.2 Å². The van der Waals surface area contributed by atoms with Gasteiger partial charge in [-0.25, -0.2) is 14.4 Å². The van der Waals surface area contributed by atoms with Crippen molar-refractivity contribution in [3.63, 3.8) is 0 Å². The summed E-state index contributed by atoms with van der Waals surface area (Å²) in [5.41, 5.74) is 3.24. The number of hydrogen-bond donors (Lipinski definition) is 0. The molecular weight excluding hydrogens is 568 g/mol. The molecule has 0 aromatic heterocycles. The first-order valence-corrected chi connectivity index (χ1v) is 15.8. The zero-order chi connectivity index (χ0) is 32.7. The number of aryl methyl sites for hydroxylation is 1. The standard InChI is InChI=1S/C34H50O10/c1-21(2)18-40-31(37)43-29(35)12-15-39-30(36)26-17-27-24(16-25(26)23(5)6)10-11-28-33(7,13-9-14-34(27,28)8)20-42-44-32(38)41-19-22(3)4/h16-17,21-23,28H,9-15,18-20H2,1-8H3. The third-order valence-corrected chi connectivity index (χ3v) is 8.81. The van der Waals surface area contributed by atoms with Crippen LogP contribution in [-0.2, 0) is 45.4 Å². The van der Waals surface area contributed by atoms with E-state index in [4.69, 9.17) is 24.0 Å². The van der Waals surface area contributed by atoms with Gasteiger partial charge in [0.2, 0.25) is 0 Å². The molecular formula is C34H50O10. The number of carbonyl (C=O) groups is 4. The zero-order valence-corrected chi connectivity index (χ0v) is 27.6. The second-order valence-corrected chi connectivity index (χ2v) is 13.9. The first-order chi connectivity index (χ1) is 20.7. The van der Waals surface area contributed by atoms with E-state index in [1.807, 2.05) is 47.6 Å². The Kier molecular flexibility index (Phi) is 12.2. The van der Waals surface area contributed by atoms with E-state index in [0.29, 0.717) is 5.56 Å². The number of ether oxygens (including phenoxy) is 4. The molecule has 3 unspecified atom stereocenters. The molecule has 0 aliphatic heterocycles. The summed E-state index contributed by atoms with van der Waals surface area (Å²) < 4.78 is 20.1. The molecule has 0 heterocycles. The van der Waals surface area contributed by atoms with Gasteiger partial charge in [0.1, 0.15) is 6.61 Å². The summed E-state index contributed by atoms with van der Waals surface area (Å²) in [5, 5.41) is 0. The zero-order valence-electron chi connectivity index (χ0n) is 27.6. The molecule has 246 valence electrons. The van der Waals surface area contributed by atoms with Gasteiger partial charge in [-0.05, 0) is 82.9 Å². The van der Waals surface area contributed by atoms with Gasteiger partial charge in [-0.3, -0.25) is 9.68 Å². The molecule has 2 aliphatic rings. The van der Waals surface area contributed by atoms with Crippen LogP contribution in [0.25, 0.3) is 0 Å². The van der Waals surface area contributed by atoms with E-state index in [2.05, 4.69) is 24.7 Å². The van der Waals surface area contributed by atoms with E-state index in [9.17, 15) is 19.2 Å². The van der Waals surface area contributed by atoms with Crippen molar-refractivity contribution < 1.29 is 47.9 Å². The molecule has 0 N–H and O–H groups in total. The number of fused-ring (bicyclic) bond motifs is 3. The topological polar surface area (TPSA) is 124 Å². The third-order valence-electron chi connectivity index (χ3n) is 8.81. The lowest BCUT2D eigenvalue weighted by Crippen LogP contribution is -2.51. The Morgan fingerprint density at radius 2 is 1.55 bits per heavy atom. The van der Waals surface area contributed by atoms with Crippen molar-refractivity contribution in [1.29, 1.82) is 0 Å². The van der Waals surface area contributed by atoms with Crippen molar-refractivity contribution in [3.8, 4) is 0 Å². The summed E-state index contributed by atoms with van der Waals surface area (Å²) in [7, 11) is 0. The highest BCUT2D eigenvalue weighted by molar-refractivity contribution is 5.92. The van der Waals surface area contributed by atoms with Crippen LogP contribution in [0.1, 0.15) is 120 Å². The van der Waals surface area contributed by atoms with Gasteiger partial charge in [-0.1, -0.05) is 67.9 Å². The van der Waals surface area contributed by atoms with Gasteiger partial charge in [0.15, 0.2) is 0 Å². The minimum Gasteiger partial charge on any atom is -0.461 e. The minimum absolute atomic E-state index is 0.0756. The summed E-state index contributed by atoms with van der Waals surface area (Å²) in [4.78, 5) is 59.4. The molecule has 3 atom stereocenters. The number of rotatable bonds is 12. The van der Waals surface area contributed by atoms with Crippen molar-refractivity contribution in [2.75, 3.05) is 26.4 Å². The number of esters is 2. The van der Waals surface area contributed by atoms with Crippen molar-refractivity contribution in [1.82, 2.24) is 0 Å². The molecule has 2 aliphatic carbocycles. The van der Waals surface area contributed by atoms with Crippen LogP contribution >= 0.6 is 0 Å². The number of carbonyl (C=O) groups excluding carboxylic acids is 4. The molecule has 0 spiro atoms. The Labute approximate surface area is 261 Å². The molecule has 1 fully saturated rings. The summed E-state index contributed by atoms with van der Waals surface area (Å²) in [6.45, 7) is 16.6. The van der Waals surface area contributed by atoms with Gasteiger partial charge >= 0.3 is 24.2 Å². The van der Waals surface area contributed by atoms with Crippen LogP contribution in [0.3, 0.4) is 0 Å². The van der Waals surface area contributed by atoms with Crippen molar-refractivity contribution in [2.45, 2.75) is 105 Å². The second kappa shape index (κ2) is 15.2. The van der Waals surface area contributed by atoms with Crippen LogP contribution in [0.5, 0.6) is 0 Å². The van der Waals surface area contributed by atoms with Gasteiger partial charge in [0, 0.05) is 0 Å². The molecule has 10 nitrogen and oxygen atoms in total. The molecule has 44 heavy (non-hydrogen) atoms. The highest BCUT2D eigenvalue weighted by atomic mass is 17.2. The first-order valence-electron chi connectivity index (χ1n) is 15.8. The average molecular weight is 619 g/mol. The fraction of sp³-hybridized carbons (Fsp3) is 0.706. The van der Waals surface area contributed by atoms with Gasteiger partial charge < -0.3 is 18.9 Å². The maximum absolute atomic E-state index is 13.4. The fourth-order valence-corrected chi connectivity index (χ4v) is 6.68. The maximum Gasteiger partial charge on any atom is 0.540 e. The van der Waals surface area contributed by atoms with Crippen LogP contribution in [0.2, 0.25) is 0 Å². The van der Waals surface area contributed by atoms with Crippen molar-refractivity contribution in [3.05, 3.63) is 34.4 Å². The Morgan fingerprint density at radius 3 is 2.18 bits per heavy atom. The molecule has 10 heteroatoms. The van der Waals surface area contributed by atoms with Crippen LogP contribution < -0.4 is 0 Å². The van der Waals surface area contributed by atoms with Gasteiger partial charge in [0.05, 0.1) is 31.8 Å². The van der Waals surface area contributed by atoms with Crippen LogP contribution in [-0.4, -0.2) is 50.7 Å². The largest absolute Gasteiger partial charge is 0.540 e. The van der Waals surface area contributed by atoms with E-state index in [-0.39, 0.29) is 67.3 Å². The quantitative estimate of drug-likeness (QED) is 0.0767. The highest BCUT2D eigenvalue weighted by Gasteiger charge is 2.52. The summed E-state index contributed by atoms with van der Waals surface area (Å²) in [6.07, 6.45) is 2.47. The fourth-order valence-electron chi connectivity index (χ4n) is 6.68. The third kappa shape index (κ3) is 8.96. The van der Waals surface area contributed by atoms with Gasteiger partial charge in [0.25, 0.3) is 0 Å². The smallest absolute Gasteiger partial charge is 0.461 e. The van der Waals surface area contributed by atoms with Crippen LogP contribution in [0.4, 0.5) is 9.59 Å². The van der Waals surface area contributed by atoms with Crippen molar-refractivity contribution in [2.24, 2.45) is 23.2 Å². The molecule has 3 rings (SSSR count). The monoisotopic (exact) mass is 618 g/mol. The predicted octanol–water partition coefficient (Wildman–Crippen LogP) is 7.44. The van der Waals surface area contributed by atoms with E-state index in [1.54, 1.807) is 0 Å². The molecule has 0 radical (unpaired) electrons. The lowest BCUT2D eigenvalue weighted by molar-refractivity contribution is -0.280. The Balaban J connectivity index is 1.72. The molecule has 0 saturated heterocycles. The predicted molar refractivity (Wildman–Crippen MR) is 162 cm³/mol. The summed E-state index contributed by atoms with van der Waals surface area (Å²) in [6, 6.07) is 4.11. The highest BCUT2D eigenvalue weighted by Crippen LogP contribution is 2.57. The molecule has 1 aromatic carbocycles. The normalized spacial score (nSPS) is 22.7. The molecule has 1 aromatic rings. The van der Waals surface area contributed by atoms with Crippen LogP contribution in [0.15, 0.2) is 12.1 Å². The molecule has 0 amide bonds. The average Bonchev–Trinajstić information content (AvgIpc) is 2.94. The minimum atomic E-state index is -1.06. The lowest BCUT2D eigenvalue weighted by Gasteiger charge is -2.55.